The highest BCUT2D eigenvalue weighted by Gasteiger charge is 2.29. The van der Waals surface area contributed by atoms with Gasteiger partial charge in [-0.1, -0.05) is 42.3 Å². The van der Waals surface area contributed by atoms with Crippen LogP contribution in [0.1, 0.15) is 38.7 Å². The molecule has 0 spiro atoms. The number of alkyl halides is 1. The third-order valence-electron chi connectivity index (χ3n) is 4.14. The number of hydrogen-bond acceptors (Lipinski definition) is 2. The van der Waals surface area contributed by atoms with E-state index in [9.17, 15) is 0 Å². The minimum absolute atomic E-state index is 0.542. The number of rotatable bonds is 3. The van der Waals surface area contributed by atoms with Crippen LogP contribution in [0.15, 0.2) is 18.3 Å². The van der Waals surface area contributed by atoms with Gasteiger partial charge in [0, 0.05) is 30.2 Å². The lowest BCUT2D eigenvalue weighted by Gasteiger charge is -2.40. The zero-order valence-electron chi connectivity index (χ0n) is 10.7. The highest BCUT2D eigenvalue weighted by molar-refractivity contribution is 9.08. The predicted octanol–water partition coefficient (Wildman–Crippen LogP) is 3.99. The van der Waals surface area contributed by atoms with Crippen molar-refractivity contribution in [1.29, 1.82) is 0 Å². The maximum Gasteiger partial charge on any atom is 0.132 e. The molecule has 1 saturated heterocycles. The Morgan fingerprint density at radius 1 is 1.41 bits per heavy atom. The molecule has 0 unspecified atom stereocenters. The monoisotopic (exact) mass is 296 g/mol. The summed E-state index contributed by atoms with van der Waals surface area (Å²) in [6, 6.07) is 4.17. The molecule has 0 amide bonds. The van der Waals surface area contributed by atoms with Crippen molar-refractivity contribution in [1.82, 2.24) is 4.98 Å². The summed E-state index contributed by atoms with van der Waals surface area (Å²) in [5.74, 6) is 1.17. The number of halogens is 1. The van der Waals surface area contributed by atoms with Gasteiger partial charge in [-0.2, -0.15) is 0 Å². The first kappa shape index (κ1) is 12.9. The van der Waals surface area contributed by atoms with Crippen molar-refractivity contribution in [2.75, 3.05) is 18.0 Å². The molecule has 1 aliphatic heterocycles. The van der Waals surface area contributed by atoms with Gasteiger partial charge < -0.3 is 4.90 Å². The van der Waals surface area contributed by atoms with Gasteiger partial charge in [-0.3, -0.25) is 0 Å². The average molecular weight is 297 g/mol. The van der Waals surface area contributed by atoms with E-state index in [-0.39, 0.29) is 0 Å². The van der Waals surface area contributed by atoms with E-state index < -0.39 is 0 Å². The summed E-state index contributed by atoms with van der Waals surface area (Å²) < 4.78 is 0. The molecule has 0 bridgehead atoms. The molecule has 2 rings (SSSR count). The Balaban J connectivity index is 2.10. The third-order valence-corrected chi connectivity index (χ3v) is 4.74. The van der Waals surface area contributed by atoms with E-state index in [0.717, 1.165) is 18.4 Å². The second-order valence-corrected chi connectivity index (χ2v) is 5.83. The molecule has 0 N–H and O–H groups in total. The van der Waals surface area contributed by atoms with Gasteiger partial charge in [0.2, 0.25) is 0 Å². The fraction of sp³-hybridized carbons (Fsp3) is 0.643. The lowest BCUT2D eigenvalue weighted by molar-refractivity contribution is 0.237. The van der Waals surface area contributed by atoms with E-state index in [1.54, 1.807) is 0 Å². The topological polar surface area (TPSA) is 16.1 Å². The first-order chi connectivity index (χ1) is 8.18. The average Bonchev–Trinajstić information content (AvgIpc) is 2.40. The van der Waals surface area contributed by atoms with Gasteiger partial charge in [0.1, 0.15) is 5.82 Å². The molecule has 2 heterocycles. The van der Waals surface area contributed by atoms with Crippen molar-refractivity contribution in [2.45, 2.75) is 38.4 Å². The maximum absolute atomic E-state index is 4.54. The smallest absolute Gasteiger partial charge is 0.132 e. The SMILES string of the molecule is CCC1(C)CCN(c2ncccc2CBr)CC1. The van der Waals surface area contributed by atoms with Crippen LogP contribution in [0.4, 0.5) is 5.82 Å². The highest BCUT2D eigenvalue weighted by Crippen LogP contribution is 2.35. The van der Waals surface area contributed by atoms with Crippen LogP contribution in [0.2, 0.25) is 0 Å². The molecular formula is C14H21BrN2. The maximum atomic E-state index is 4.54. The Bertz CT molecular complexity index is 370. The van der Waals surface area contributed by atoms with Gasteiger partial charge in [-0.15, -0.1) is 0 Å². The quantitative estimate of drug-likeness (QED) is 0.784. The third kappa shape index (κ3) is 2.82. The Morgan fingerprint density at radius 3 is 2.71 bits per heavy atom. The van der Waals surface area contributed by atoms with E-state index in [1.807, 2.05) is 12.3 Å². The number of nitrogens with zero attached hydrogens (tertiary/aromatic N) is 2. The zero-order valence-corrected chi connectivity index (χ0v) is 12.3. The number of anilines is 1. The molecule has 0 radical (unpaired) electrons. The van der Waals surface area contributed by atoms with Gasteiger partial charge in [-0.05, 0) is 24.3 Å². The standard InChI is InChI=1S/C14H21BrN2/c1-3-14(2)6-9-17(10-7-14)13-12(11-15)5-4-8-16-13/h4-5,8H,3,6-7,9-11H2,1-2H3. The van der Waals surface area contributed by atoms with Crippen molar-refractivity contribution in [2.24, 2.45) is 5.41 Å². The molecule has 0 saturated carbocycles. The number of pyridine rings is 1. The fourth-order valence-corrected chi connectivity index (χ4v) is 2.87. The Hall–Kier alpha value is -0.570. The van der Waals surface area contributed by atoms with Crippen molar-refractivity contribution in [3.63, 3.8) is 0 Å². The molecule has 2 nitrogen and oxygen atoms in total. The van der Waals surface area contributed by atoms with Crippen molar-refractivity contribution >= 4 is 21.7 Å². The van der Waals surface area contributed by atoms with E-state index in [4.69, 9.17) is 0 Å². The molecule has 1 aliphatic rings. The second-order valence-electron chi connectivity index (χ2n) is 5.27. The Morgan fingerprint density at radius 2 is 2.12 bits per heavy atom. The largest absolute Gasteiger partial charge is 0.356 e. The lowest BCUT2D eigenvalue weighted by Crippen LogP contribution is -2.39. The van der Waals surface area contributed by atoms with Crippen LogP contribution >= 0.6 is 15.9 Å². The van der Waals surface area contributed by atoms with Crippen molar-refractivity contribution in [3.05, 3.63) is 23.9 Å². The van der Waals surface area contributed by atoms with Crippen LogP contribution in [-0.4, -0.2) is 18.1 Å². The van der Waals surface area contributed by atoms with Gasteiger partial charge in [0.25, 0.3) is 0 Å². The second kappa shape index (κ2) is 5.38. The van der Waals surface area contributed by atoms with Gasteiger partial charge in [0.15, 0.2) is 0 Å². The van der Waals surface area contributed by atoms with E-state index in [2.05, 4.69) is 45.7 Å². The van der Waals surface area contributed by atoms with Crippen molar-refractivity contribution in [3.8, 4) is 0 Å². The minimum atomic E-state index is 0.542. The summed E-state index contributed by atoms with van der Waals surface area (Å²) in [5.41, 5.74) is 1.84. The highest BCUT2D eigenvalue weighted by atomic mass is 79.9. The fourth-order valence-electron chi connectivity index (χ4n) is 2.43. The molecule has 3 heteroatoms. The first-order valence-electron chi connectivity index (χ1n) is 6.43. The number of piperidine rings is 1. The van der Waals surface area contributed by atoms with E-state index in [0.29, 0.717) is 5.41 Å². The molecule has 0 aromatic carbocycles. The molecule has 1 fully saturated rings. The lowest BCUT2D eigenvalue weighted by atomic mass is 9.78. The van der Waals surface area contributed by atoms with Crippen LogP contribution < -0.4 is 4.90 Å². The van der Waals surface area contributed by atoms with Crippen molar-refractivity contribution < 1.29 is 0 Å². The van der Waals surface area contributed by atoms with E-state index >= 15 is 0 Å². The van der Waals surface area contributed by atoms with Gasteiger partial charge >= 0.3 is 0 Å². The molecule has 17 heavy (non-hydrogen) atoms. The summed E-state index contributed by atoms with van der Waals surface area (Å²) in [7, 11) is 0. The summed E-state index contributed by atoms with van der Waals surface area (Å²) in [4.78, 5) is 6.98. The van der Waals surface area contributed by atoms with Crippen LogP contribution in [-0.2, 0) is 5.33 Å². The predicted molar refractivity (Wildman–Crippen MR) is 76.7 cm³/mol. The van der Waals surface area contributed by atoms with Crippen LogP contribution in [0.25, 0.3) is 0 Å². The van der Waals surface area contributed by atoms with Crippen LogP contribution in [0.3, 0.4) is 0 Å². The number of hydrogen-bond donors (Lipinski definition) is 0. The minimum Gasteiger partial charge on any atom is -0.356 e. The molecule has 94 valence electrons. The molecule has 1 aromatic heterocycles. The Labute approximate surface area is 113 Å². The summed E-state index contributed by atoms with van der Waals surface area (Å²) in [6.45, 7) is 7.00. The summed E-state index contributed by atoms with van der Waals surface area (Å²) >= 11 is 3.54. The number of aromatic nitrogens is 1. The van der Waals surface area contributed by atoms with Crippen LogP contribution in [0.5, 0.6) is 0 Å². The Kier molecular flexibility index (Phi) is 4.08. The van der Waals surface area contributed by atoms with E-state index in [1.165, 1.54) is 30.6 Å². The normalized spacial score (nSPS) is 19.4. The molecule has 1 aromatic rings. The molecular weight excluding hydrogens is 276 g/mol. The van der Waals surface area contributed by atoms with Gasteiger partial charge in [0.05, 0.1) is 0 Å². The first-order valence-corrected chi connectivity index (χ1v) is 7.55. The summed E-state index contributed by atoms with van der Waals surface area (Å²) in [6.07, 6.45) is 5.74. The van der Waals surface area contributed by atoms with Gasteiger partial charge in [-0.25, -0.2) is 4.98 Å². The van der Waals surface area contributed by atoms with Crippen LogP contribution in [0, 0.1) is 5.41 Å². The molecule has 0 aliphatic carbocycles. The molecule has 0 atom stereocenters. The summed E-state index contributed by atoms with van der Waals surface area (Å²) in [5, 5.41) is 0.887. The zero-order chi connectivity index (χ0) is 12.3.